The van der Waals surface area contributed by atoms with Crippen LogP contribution in [0.15, 0.2) is 24.3 Å². The van der Waals surface area contributed by atoms with Gasteiger partial charge in [-0.2, -0.15) is 0 Å². The van der Waals surface area contributed by atoms with Gasteiger partial charge in [-0.3, -0.25) is 0 Å². The van der Waals surface area contributed by atoms with Crippen LogP contribution in [0.1, 0.15) is 0 Å². The Bertz CT molecular complexity index is 438. The van der Waals surface area contributed by atoms with Gasteiger partial charge in [-0.15, -0.1) is 0 Å². The van der Waals surface area contributed by atoms with Crippen LogP contribution >= 0.6 is 0 Å². The normalized spacial score (nSPS) is 33.8. The third kappa shape index (κ3) is 2.87. The lowest BCUT2D eigenvalue weighted by molar-refractivity contribution is -0.530. The molecule has 2 rings (SSSR count). The van der Waals surface area contributed by atoms with Gasteiger partial charge >= 0.3 is 0 Å². The second kappa shape index (κ2) is 6.38. The lowest BCUT2D eigenvalue weighted by Crippen LogP contribution is -2.64. The second-order valence-corrected chi connectivity index (χ2v) is 4.44. The molecule has 0 amide bonds. The summed E-state index contributed by atoms with van der Waals surface area (Å²) in [4.78, 5) is 0. The third-order valence-electron chi connectivity index (χ3n) is 3.16. The topological polar surface area (TPSA) is 111 Å². The van der Waals surface area contributed by atoms with Crippen molar-refractivity contribution in [2.24, 2.45) is 0 Å². The molecule has 1 heterocycles. The zero-order valence-corrected chi connectivity index (χ0v) is 10.9. The maximum absolute atomic E-state index is 11.8. The minimum Gasteiger partial charge on any atom is -0.828 e. The summed E-state index contributed by atoms with van der Waals surface area (Å²) in [6.07, 6.45) is -7.01. The summed E-state index contributed by atoms with van der Waals surface area (Å²) in [5.41, 5.74) is 0. The maximum Gasteiger partial charge on any atom is 0.161 e. The first kappa shape index (κ1) is 15.0. The van der Waals surface area contributed by atoms with Crippen LogP contribution in [0.25, 0.3) is 0 Å². The lowest BCUT2D eigenvalue weighted by Gasteiger charge is -2.45. The molecule has 0 aromatic heterocycles. The summed E-state index contributed by atoms with van der Waals surface area (Å²) in [7, 11) is 1.45. The first-order valence-electron chi connectivity index (χ1n) is 6.16. The number of para-hydroxylation sites is 2. The smallest absolute Gasteiger partial charge is 0.161 e. The maximum atomic E-state index is 11.8. The summed E-state index contributed by atoms with van der Waals surface area (Å²) in [5, 5.41) is 40.5. The van der Waals surface area contributed by atoms with Crippen molar-refractivity contribution in [2.45, 2.75) is 30.7 Å². The average Bonchev–Trinajstić information content (AvgIpc) is 2.47. The van der Waals surface area contributed by atoms with E-state index in [0.29, 0.717) is 5.75 Å². The highest BCUT2D eigenvalue weighted by molar-refractivity contribution is 5.39. The highest BCUT2D eigenvalue weighted by Gasteiger charge is 2.41. The van der Waals surface area contributed by atoms with Gasteiger partial charge in [-0.05, 0) is 12.1 Å². The third-order valence-corrected chi connectivity index (χ3v) is 3.16. The standard InChI is InChI=1S/C13H17O7/c1-18-7-4-2-3-5-8(7)19-12-11(16)10(15)9(6-14)20-13(12)17/h2-5,9-16H,6H2,1H3/q-1/t9-,10-,11+,12-,13-/m1/s1. The van der Waals surface area contributed by atoms with E-state index in [9.17, 15) is 15.3 Å². The summed E-state index contributed by atoms with van der Waals surface area (Å²) in [5.74, 6) is 0.656. The molecule has 0 radical (unpaired) electrons. The minimum atomic E-state index is -1.73. The molecule has 7 heteroatoms. The van der Waals surface area contributed by atoms with Gasteiger partial charge in [-0.25, -0.2) is 0 Å². The number of benzene rings is 1. The van der Waals surface area contributed by atoms with E-state index in [1.165, 1.54) is 7.11 Å². The number of aliphatic hydroxyl groups excluding tert-OH is 3. The van der Waals surface area contributed by atoms with Crippen molar-refractivity contribution in [1.29, 1.82) is 0 Å². The molecule has 7 nitrogen and oxygen atoms in total. The summed E-state index contributed by atoms with van der Waals surface area (Å²) in [6, 6.07) is 6.62. The Labute approximate surface area is 115 Å². The molecule has 1 aromatic rings. The Morgan fingerprint density at radius 3 is 2.45 bits per heavy atom. The van der Waals surface area contributed by atoms with Crippen molar-refractivity contribution in [3.05, 3.63) is 24.3 Å². The SMILES string of the molecule is COc1ccccc1O[C@@H]1[C@@H](O)[C@H](O)[C@@H](CO)O[C@H]1[O-]. The average molecular weight is 285 g/mol. The molecule has 1 fully saturated rings. The van der Waals surface area contributed by atoms with Crippen molar-refractivity contribution in [2.75, 3.05) is 13.7 Å². The van der Waals surface area contributed by atoms with Crippen molar-refractivity contribution in [1.82, 2.24) is 0 Å². The molecule has 1 aliphatic rings. The molecule has 1 saturated heterocycles. The summed E-state index contributed by atoms with van der Waals surface area (Å²) >= 11 is 0. The fourth-order valence-corrected chi connectivity index (χ4v) is 2.04. The molecule has 112 valence electrons. The number of methoxy groups -OCH3 is 1. The Hall–Kier alpha value is -1.38. The molecular weight excluding hydrogens is 268 g/mol. The minimum absolute atomic E-state index is 0.262. The van der Waals surface area contributed by atoms with E-state index in [4.69, 9.17) is 19.3 Å². The van der Waals surface area contributed by atoms with Gasteiger partial charge in [0.15, 0.2) is 11.5 Å². The molecule has 5 atom stereocenters. The van der Waals surface area contributed by atoms with Gasteiger partial charge in [0.25, 0.3) is 0 Å². The molecule has 0 bridgehead atoms. The Kier molecular flexibility index (Phi) is 4.79. The Balaban J connectivity index is 2.16. The molecule has 0 aliphatic carbocycles. The highest BCUT2D eigenvalue weighted by Crippen LogP contribution is 2.30. The number of hydrogen-bond acceptors (Lipinski definition) is 7. The van der Waals surface area contributed by atoms with E-state index in [2.05, 4.69) is 0 Å². The van der Waals surface area contributed by atoms with Gasteiger partial charge in [0.1, 0.15) is 24.4 Å². The van der Waals surface area contributed by atoms with Gasteiger partial charge in [0, 0.05) is 6.29 Å². The molecule has 0 unspecified atom stereocenters. The van der Waals surface area contributed by atoms with Gasteiger partial charge in [-0.1, -0.05) is 12.1 Å². The van der Waals surface area contributed by atoms with Crippen LogP contribution in [0, 0.1) is 0 Å². The van der Waals surface area contributed by atoms with Gasteiger partial charge in [0.05, 0.1) is 13.7 Å². The summed E-state index contributed by atoms with van der Waals surface area (Å²) in [6.45, 7) is -0.557. The quantitative estimate of drug-likeness (QED) is 0.601. The van der Waals surface area contributed by atoms with Gasteiger partial charge < -0.3 is 34.6 Å². The molecule has 0 spiro atoms. The highest BCUT2D eigenvalue weighted by atomic mass is 16.7. The number of ether oxygens (including phenoxy) is 3. The summed E-state index contributed by atoms with van der Waals surface area (Å²) < 4.78 is 15.4. The first-order valence-corrected chi connectivity index (χ1v) is 6.16. The van der Waals surface area contributed by atoms with E-state index in [1.807, 2.05) is 0 Å². The van der Waals surface area contributed by atoms with E-state index >= 15 is 0 Å². The van der Waals surface area contributed by atoms with Crippen LogP contribution in [0.2, 0.25) is 0 Å². The van der Waals surface area contributed by atoms with Crippen LogP contribution in [0.4, 0.5) is 0 Å². The van der Waals surface area contributed by atoms with Crippen molar-refractivity contribution < 1.29 is 34.6 Å². The van der Waals surface area contributed by atoms with Gasteiger partial charge in [0.2, 0.25) is 0 Å². The van der Waals surface area contributed by atoms with Crippen LogP contribution in [-0.4, -0.2) is 59.7 Å². The fourth-order valence-electron chi connectivity index (χ4n) is 2.04. The number of hydrogen-bond donors (Lipinski definition) is 3. The van der Waals surface area contributed by atoms with Crippen molar-refractivity contribution in [3.63, 3.8) is 0 Å². The zero-order valence-electron chi connectivity index (χ0n) is 10.9. The molecule has 1 aromatic carbocycles. The lowest BCUT2D eigenvalue weighted by atomic mass is 9.99. The molecule has 0 saturated carbocycles. The molecule has 20 heavy (non-hydrogen) atoms. The number of aliphatic hydroxyl groups is 3. The van der Waals surface area contributed by atoms with E-state index in [0.717, 1.165) is 0 Å². The predicted molar refractivity (Wildman–Crippen MR) is 65.2 cm³/mol. The van der Waals surface area contributed by atoms with Crippen LogP contribution < -0.4 is 14.6 Å². The largest absolute Gasteiger partial charge is 0.828 e. The van der Waals surface area contributed by atoms with E-state index in [1.54, 1.807) is 24.3 Å². The van der Waals surface area contributed by atoms with Crippen LogP contribution in [0.5, 0.6) is 11.5 Å². The fraction of sp³-hybridized carbons (Fsp3) is 0.538. The van der Waals surface area contributed by atoms with Crippen molar-refractivity contribution in [3.8, 4) is 11.5 Å². The Morgan fingerprint density at radius 2 is 1.85 bits per heavy atom. The predicted octanol–water partition coefficient (Wildman–Crippen LogP) is -1.76. The second-order valence-electron chi connectivity index (χ2n) is 4.44. The van der Waals surface area contributed by atoms with Crippen LogP contribution in [0.3, 0.4) is 0 Å². The van der Waals surface area contributed by atoms with Crippen LogP contribution in [-0.2, 0) is 4.74 Å². The van der Waals surface area contributed by atoms with E-state index < -0.39 is 37.3 Å². The molecule has 3 N–H and O–H groups in total. The zero-order chi connectivity index (χ0) is 14.7. The van der Waals surface area contributed by atoms with Crippen molar-refractivity contribution >= 4 is 0 Å². The number of rotatable bonds is 4. The van der Waals surface area contributed by atoms with E-state index in [-0.39, 0.29) is 5.75 Å². The first-order chi connectivity index (χ1) is 9.58. The Morgan fingerprint density at radius 1 is 1.20 bits per heavy atom. The molecular formula is C13H17O7-. The molecule has 1 aliphatic heterocycles. The monoisotopic (exact) mass is 285 g/mol.